The van der Waals surface area contributed by atoms with Crippen molar-refractivity contribution in [1.29, 1.82) is 0 Å². The fourth-order valence-corrected chi connectivity index (χ4v) is 1.80. The Kier molecular flexibility index (Phi) is 2.89. The van der Waals surface area contributed by atoms with Crippen LogP contribution in [0.3, 0.4) is 0 Å². The fraction of sp³-hybridized carbons (Fsp3) is 0.455. The summed E-state index contributed by atoms with van der Waals surface area (Å²) in [4.78, 5) is 10.6. The Morgan fingerprint density at radius 2 is 2.12 bits per heavy atom. The number of rotatable bonds is 5. The van der Waals surface area contributed by atoms with E-state index >= 15 is 0 Å². The summed E-state index contributed by atoms with van der Waals surface area (Å²) < 4.78 is 0. The molecule has 6 heteroatoms. The number of anilines is 2. The number of nitrogens with zero attached hydrogens (tertiary/aromatic N) is 1. The zero-order chi connectivity index (χ0) is 12.5. The van der Waals surface area contributed by atoms with E-state index in [4.69, 9.17) is 0 Å². The maximum absolute atomic E-state index is 11.1. The van der Waals surface area contributed by atoms with Crippen molar-refractivity contribution in [2.24, 2.45) is 0 Å². The number of benzene rings is 1. The van der Waals surface area contributed by atoms with Crippen LogP contribution in [0.1, 0.15) is 12.8 Å². The molecular formula is C11H15N3O3. The van der Waals surface area contributed by atoms with Crippen LogP contribution < -0.4 is 10.6 Å². The summed E-state index contributed by atoms with van der Waals surface area (Å²) in [7, 11) is 1.64. The first kappa shape index (κ1) is 11.7. The van der Waals surface area contributed by atoms with Crippen molar-refractivity contribution in [3.05, 3.63) is 28.3 Å². The van der Waals surface area contributed by atoms with Gasteiger partial charge in [0.05, 0.1) is 17.1 Å². The van der Waals surface area contributed by atoms with E-state index in [9.17, 15) is 15.2 Å². The molecule has 3 N–H and O–H groups in total. The lowest BCUT2D eigenvalue weighted by Gasteiger charge is -2.16. The first-order valence-corrected chi connectivity index (χ1v) is 5.46. The van der Waals surface area contributed by atoms with Crippen molar-refractivity contribution in [3.63, 3.8) is 0 Å². The molecule has 0 unspecified atom stereocenters. The maximum Gasteiger partial charge on any atom is 0.315 e. The molecule has 0 saturated heterocycles. The van der Waals surface area contributed by atoms with Crippen LogP contribution in [0.4, 0.5) is 17.1 Å². The first-order valence-electron chi connectivity index (χ1n) is 5.46. The number of nitrogens with one attached hydrogen (secondary N) is 2. The Balaban J connectivity index is 2.36. The van der Waals surface area contributed by atoms with Gasteiger partial charge in [-0.1, -0.05) is 6.07 Å². The molecule has 0 atom stereocenters. The molecule has 6 nitrogen and oxygen atoms in total. The van der Waals surface area contributed by atoms with Gasteiger partial charge in [-0.25, -0.2) is 0 Å². The third-order valence-electron chi connectivity index (χ3n) is 3.04. The molecule has 92 valence electrons. The van der Waals surface area contributed by atoms with Gasteiger partial charge in [0, 0.05) is 7.05 Å². The molecule has 1 aliphatic carbocycles. The largest absolute Gasteiger partial charge is 0.394 e. The standard InChI is InChI=1S/C11H15N3O3/c1-12-8-3-2-4-9(10(8)14(16)17)13-11(7-15)5-6-11/h2-4,12-13,15H,5-7H2,1H3. The molecule has 0 aliphatic heterocycles. The molecule has 17 heavy (non-hydrogen) atoms. The minimum atomic E-state index is -0.415. The Labute approximate surface area is 98.8 Å². The molecule has 0 amide bonds. The summed E-state index contributed by atoms with van der Waals surface area (Å²) in [6.07, 6.45) is 1.68. The summed E-state index contributed by atoms with van der Waals surface area (Å²) in [5.41, 5.74) is 0.578. The molecule has 1 aromatic carbocycles. The van der Waals surface area contributed by atoms with Crippen LogP contribution in [0.25, 0.3) is 0 Å². The molecular weight excluding hydrogens is 222 g/mol. The van der Waals surface area contributed by atoms with Gasteiger partial charge in [-0.05, 0) is 25.0 Å². The highest BCUT2D eigenvalue weighted by atomic mass is 16.6. The fourth-order valence-electron chi connectivity index (χ4n) is 1.80. The van der Waals surface area contributed by atoms with Gasteiger partial charge >= 0.3 is 5.69 Å². The van der Waals surface area contributed by atoms with E-state index in [2.05, 4.69) is 10.6 Å². The molecule has 1 saturated carbocycles. The first-order chi connectivity index (χ1) is 8.12. The quantitative estimate of drug-likeness (QED) is 0.534. The van der Waals surface area contributed by atoms with E-state index in [0.29, 0.717) is 11.4 Å². The average Bonchev–Trinajstić information content (AvgIpc) is 3.08. The van der Waals surface area contributed by atoms with Crippen LogP contribution in [0.15, 0.2) is 18.2 Å². The van der Waals surface area contributed by atoms with E-state index in [1.54, 1.807) is 25.2 Å². The SMILES string of the molecule is CNc1cccc(NC2(CO)CC2)c1[N+](=O)[O-]. The predicted molar refractivity (Wildman–Crippen MR) is 65.3 cm³/mol. The molecule has 1 aliphatic rings. The number of aliphatic hydroxyl groups excluding tert-OH is 1. The van der Waals surface area contributed by atoms with E-state index in [1.165, 1.54) is 0 Å². The third-order valence-corrected chi connectivity index (χ3v) is 3.04. The van der Waals surface area contributed by atoms with Crippen LogP contribution in [-0.2, 0) is 0 Å². The summed E-state index contributed by atoms with van der Waals surface area (Å²) in [6, 6.07) is 5.06. The summed E-state index contributed by atoms with van der Waals surface area (Å²) in [5.74, 6) is 0. The molecule has 2 rings (SSSR count). The highest BCUT2D eigenvalue weighted by Crippen LogP contribution is 2.42. The van der Waals surface area contributed by atoms with Gasteiger partial charge in [-0.15, -0.1) is 0 Å². The van der Waals surface area contributed by atoms with Crippen LogP contribution in [0.5, 0.6) is 0 Å². The Bertz CT molecular complexity index is 444. The second-order valence-electron chi connectivity index (χ2n) is 4.27. The lowest BCUT2D eigenvalue weighted by Crippen LogP contribution is -2.26. The highest BCUT2D eigenvalue weighted by molar-refractivity contribution is 5.76. The third kappa shape index (κ3) is 2.16. The smallest absolute Gasteiger partial charge is 0.315 e. The van der Waals surface area contributed by atoms with Gasteiger partial charge < -0.3 is 15.7 Å². The zero-order valence-electron chi connectivity index (χ0n) is 9.56. The van der Waals surface area contributed by atoms with Gasteiger partial charge in [-0.3, -0.25) is 10.1 Å². The monoisotopic (exact) mass is 237 g/mol. The van der Waals surface area contributed by atoms with Gasteiger partial charge in [0.25, 0.3) is 0 Å². The Hall–Kier alpha value is -1.82. The molecule has 0 spiro atoms. The van der Waals surface area contributed by atoms with Crippen LogP contribution in [-0.4, -0.2) is 29.2 Å². The number of aliphatic hydroxyl groups is 1. The van der Waals surface area contributed by atoms with Crippen molar-refractivity contribution >= 4 is 17.1 Å². The number of para-hydroxylation sites is 1. The Morgan fingerprint density at radius 3 is 2.59 bits per heavy atom. The maximum atomic E-state index is 11.1. The summed E-state index contributed by atoms with van der Waals surface area (Å²) in [5, 5.41) is 26.2. The van der Waals surface area contributed by atoms with Crippen molar-refractivity contribution in [3.8, 4) is 0 Å². The minimum Gasteiger partial charge on any atom is -0.394 e. The highest BCUT2D eigenvalue weighted by Gasteiger charge is 2.43. The second-order valence-corrected chi connectivity index (χ2v) is 4.27. The molecule has 0 bridgehead atoms. The lowest BCUT2D eigenvalue weighted by molar-refractivity contribution is -0.383. The van der Waals surface area contributed by atoms with Crippen LogP contribution in [0, 0.1) is 10.1 Å². The number of nitro groups is 1. The number of nitro benzene ring substituents is 1. The molecule has 1 fully saturated rings. The van der Waals surface area contributed by atoms with Gasteiger partial charge in [-0.2, -0.15) is 0 Å². The van der Waals surface area contributed by atoms with Crippen molar-refractivity contribution in [2.75, 3.05) is 24.3 Å². The van der Waals surface area contributed by atoms with E-state index in [0.717, 1.165) is 12.8 Å². The van der Waals surface area contributed by atoms with Gasteiger partial charge in [0.15, 0.2) is 0 Å². The molecule has 0 heterocycles. The predicted octanol–water partition coefficient (Wildman–Crippen LogP) is 1.57. The van der Waals surface area contributed by atoms with Gasteiger partial charge in [0.1, 0.15) is 11.4 Å². The zero-order valence-corrected chi connectivity index (χ0v) is 9.56. The topological polar surface area (TPSA) is 87.4 Å². The van der Waals surface area contributed by atoms with Crippen LogP contribution >= 0.6 is 0 Å². The van der Waals surface area contributed by atoms with Crippen molar-refractivity contribution in [2.45, 2.75) is 18.4 Å². The summed E-state index contributed by atoms with van der Waals surface area (Å²) in [6.45, 7) is -0.00602. The number of hydrogen-bond donors (Lipinski definition) is 3. The summed E-state index contributed by atoms with van der Waals surface area (Å²) >= 11 is 0. The minimum absolute atomic E-state index is 0.00602. The Morgan fingerprint density at radius 1 is 1.47 bits per heavy atom. The normalized spacial score (nSPS) is 16.4. The van der Waals surface area contributed by atoms with Crippen molar-refractivity contribution in [1.82, 2.24) is 0 Å². The van der Waals surface area contributed by atoms with E-state index < -0.39 is 4.92 Å². The van der Waals surface area contributed by atoms with Crippen molar-refractivity contribution < 1.29 is 10.0 Å². The molecule has 0 aromatic heterocycles. The van der Waals surface area contributed by atoms with E-state index in [1.807, 2.05) is 0 Å². The van der Waals surface area contributed by atoms with E-state index in [-0.39, 0.29) is 17.8 Å². The molecule has 1 aromatic rings. The van der Waals surface area contributed by atoms with Gasteiger partial charge in [0.2, 0.25) is 0 Å². The van der Waals surface area contributed by atoms with Crippen LogP contribution in [0.2, 0.25) is 0 Å². The molecule has 0 radical (unpaired) electrons. The average molecular weight is 237 g/mol. The lowest BCUT2D eigenvalue weighted by atomic mass is 10.2. The second kappa shape index (κ2) is 4.21. The number of hydrogen-bond acceptors (Lipinski definition) is 5.